The zero-order valence-electron chi connectivity index (χ0n) is 16.1. The molecule has 0 saturated carbocycles. The van der Waals surface area contributed by atoms with Crippen LogP contribution >= 0.6 is 0 Å². The molecule has 0 aliphatic carbocycles. The maximum Gasteiger partial charge on any atom is 0.224 e. The van der Waals surface area contributed by atoms with E-state index in [0.29, 0.717) is 32.4 Å². The molecule has 144 valence electrons. The fourth-order valence-electron chi connectivity index (χ4n) is 3.13. The molecule has 0 aliphatic heterocycles. The number of hydrogen-bond acceptors (Lipinski definition) is 5. The lowest BCUT2D eigenvalue weighted by Crippen LogP contribution is -2.13. The molecule has 1 aromatic carbocycles. The molecule has 28 heavy (non-hydrogen) atoms. The molecule has 2 aromatic heterocycles. The molecule has 0 spiro atoms. The number of nitriles is 1. The molecule has 0 bridgehead atoms. The number of carbonyl (C=O) groups excluding carboxylic acids is 1. The maximum atomic E-state index is 12.3. The number of amides is 1. The highest BCUT2D eigenvalue weighted by molar-refractivity contribution is 5.90. The normalized spacial score (nSPS) is 10.6. The van der Waals surface area contributed by atoms with Crippen molar-refractivity contribution >= 4 is 11.6 Å². The summed E-state index contributed by atoms with van der Waals surface area (Å²) in [5.74, 6) is -0.0346. The Labute approximate surface area is 163 Å². The summed E-state index contributed by atoms with van der Waals surface area (Å²) < 4.78 is 3.59. The summed E-state index contributed by atoms with van der Waals surface area (Å²) in [6.45, 7) is 5.15. The van der Waals surface area contributed by atoms with Crippen LogP contribution in [0.25, 0.3) is 0 Å². The van der Waals surface area contributed by atoms with Gasteiger partial charge >= 0.3 is 0 Å². The first-order chi connectivity index (χ1) is 13.6. The molecule has 8 heteroatoms. The van der Waals surface area contributed by atoms with Gasteiger partial charge in [-0.05, 0) is 43.5 Å². The molecular weight excluding hydrogens is 354 g/mol. The summed E-state index contributed by atoms with van der Waals surface area (Å²) in [5, 5.41) is 20.2. The van der Waals surface area contributed by atoms with Gasteiger partial charge in [0.05, 0.1) is 31.3 Å². The van der Waals surface area contributed by atoms with E-state index in [4.69, 9.17) is 5.26 Å². The standard InChI is InChI=1S/C20H23N7O/c1-15-19(16(2)27(25-15)11-3-10-21)8-9-20(28)24-18-6-4-17(5-7-18)12-26-14-22-13-23-26/h4-7,13-14H,3,8-9,11-12H2,1-2H3,(H,24,28). The van der Waals surface area contributed by atoms with Crippen LogP contribution in [0.3, 0.4) is 0 Å². The fraction of sp³-hybridized carbons (Fsp3) is 0.350. The second kappa shape index (κ2) is 8.95. The van der Waals surface area contributed by atoms with Crippen molar-refractivity contribution < 1.29 is 4.79 Å². The summed E-state index contributed by atoms with van der Waals surface area (Å²) in [6.07, 6.45) is 4.61. The van der Waals surface area contributed by atoms with E-state index in [-0.39, 0.29) is 5.91 Å². The van der Waals surface area contributed by atoms with Gasteiger partial charge in [-0.25, -0.2) is 9.67 Å². The molecule has 3 aromatic rings. The number of hydrogen-bond donors (Lipinski definition) is 1. The van der Waals surface area contributed by atoms with Gasteiger partial charge in [-0.1, -0.05) is 12.1 Å². The van der Waals surface area contributed by atoms with Crippen LogP contribution in [-0.2, 0) is 24.3 Å². The van der Waals surface area contributed by atoms with Gasteiger partial charge in [-0.2, -0.15) is 15.5 Å². The Morgan fingerprint density at radius 2 is 2.04 bits per heavy atom. The summed E-state index contributed by atoms with van der Waals surface area (Å²) in [4.78, 5) is 16.2. The van der Waals surface area contributed by atoms with Gasteiger partial charge < -0.3 is 5.32 Å². The minimum Gasteiger partial charge on any atom is -0.326 e. The van der Waals surface area contributed by atoms with Crippen molar-refractivity contribution in [2.45, 2.75) is 46.2 Å². The van der Waals surface area contributed by atoms with Crippen LogP contribution in [0, 0.1) is 25.2 Å². The lowest BCUT2D eigenvalue weighted by molar-refractivity contribution is -0.116. The Kier molecular flexibility index (Phi) is 6.17. The number of anilines is 1. The van der Waals surface area contributed by atoms with E-state index in [1.165, 1.54) is 6.33 Å². The second-order valence-electron chi connectivity index (χ2n) is 6.62. The van der Waals surface area contributed by atoms with E-state index >= 15 is 0 Å². The van der Waals surface area contributed by atoms with Gasteiger partial charge in [-0.3, -0.25) is 9.48 Å². The lowest BCUT2D eigenvalue weighted by Gasteiger charge is -2.07. The van der Waals surface area contributed by atoms with Gasteiger partial charge in [0.1, 0.15) is 12.7 Å². The quantitative estimate of drug-likeness (QED) is 0.650. The third-order valence-corrected chi connectivity index (χ3v) is 4.62. The van der Waals surface area contributed by atoms with Gasteiger partial charge in [0.25, 0.3) is 0 Å². The average molecular weight is 377 g/mol. The Morgan fingerprint density at radius 3 is 2.71 bits per heavy atom. The molecule has 0 saturated heterocycles. The van der Waals surface area contributed by atoms with E-state index in [2.05, 4.69) is 26.6 Å². The average Bonchev–Trinajstić information content (AvgIpc) is 3.28. The van der Waals surface area contributed by atoms with E-state index in [1.807, 2.05) is 42.8 Å². The Bertz CT molecular complexity index is 965. The Balaban J connectivity index is 1.53. The summed E-state index contributed by atoms with van der Waals surface area (Å²) in [7, 11) is 0. The smallest absolute Gasteiger partial charge is 0.224 e. The molecule has 8 nitrogen and oxygen atoms in total. The van der Waals surface area contributed by atoms with E-state index in [0.717, 1.165) is 28.2 Å². The minimum absolute atomic E-state index is 0.0346. The molecule has 0 unspecified atom stereocenters. The molecule has 3 rings (SSSR count). The van der Waals surface area contributed by atoms with E-state index in [1.54, 1.807) is 11.0 Å². The summed E-state index contributed by atoms with van der Waals surface area (Å²) >= 11 is 0. The van der Waals surface area contributed by atoms with Crippen LogP contribution in [0.1, 0.15) is 35.4 Å². The van der Waals surface area contributed by atoms with Gasteiger partial charge in [0, 0.05) is 17.8 Å². The second-order valence-corrected chi connectivity index (χ2v) is 6.62. The molecule has 0 aliphatic rings. The van der Waals surface area contributed by atoms with Crippen molar-refractivity contribution in [2.75, 3.05) is 5.32 Å². The zero-order valence-corrected chi connectivity index (χ0v) is 16.1. The monoisotopic (exact) mass is 377 g/mol. The van der Waals surface area contributed by atoms with Crippen molar-refractivity contribution in [3.8, 4) is 6.07 Å². The minimum atomic E-state index is -0.0346. The molecule has 0 atom stereocenters. The Hall–Kier alpha value is -3.47. The number of benzene rings is 1. The number of nitrogens with one attached hydrogen (secondary N) is 1. The van der Waals surface area contributed by atoms with Crippen LogP contribution in [-0.4, -0.2) is 30.5 Å². The molecular formula is C20H23N7O. The molecule has 1 amide bonds. The van der Waals surface area contributed by atoms with E-state index < -0.39 is 0 Å². The number of rotatable bonds is 8. The van der Waals surface area contributed by atoms with Gasteiger partial charge in [0.15, 0.2) is 0 Å². The summed E-state index contributed by atoms with van der Waals surface area (Å²) in [5.41, 5.74) is 4.88. The molecule has 2 heterocycles. The highest BCUT2D eigenvalue weighted by Gasteiger charge is 2.13. The largest absolute Gasteiger partial charge is 0.326 e. The maximum absolute atomic E-state index is 12.3. The van der Waals surface area contributed by atoms with Gasteiger partial charge in [0.2, 0.25) is 5.91 Å². The van der Waals surface area contributed by atoms with Crippen molar-refractivity contribution in [1.82, 2.24) is 24.5 Å². The van der Waals surface area contributed by atoms with Crippen LogP contribution < -0.4 is 5.32 Å². The topological polar surface area (TPSA) is 101 Å². The molecule has 0 fully saturated rings. The van der Waals surface area contributed by atoms with E-state index in [9.17, 15) is 4.79 Å². The van der Waals surface area contributed by atoms with Crippen molar-refractivity contribution in [3.05, 3.63) is 59.4 Å². The third-order valence-electron chi connectivity index (χ3n) is 4.62. The number of carbonyl (C=O) groups is 1. The van der Waals surface area contributed by atoms with Crippen molar-refractivity contribution in [3.63, 3.8) is 0 Å². The first kappa shape index (κ1) is 19.3. The number of aryl methyl sites for hydroxylation is 2. The fourth-order valence-corrected chi connectivity index (χ4v) is 3.13. The Morgan fingerprint density at radius 1 is 1.25 bits per heavy atom. The molecule has 0 radical (unpaired) electrons. The van der Waals surface area contributed by atoms with Crippen LogP contribution in [0.15, 0.2) is 36.9 Å². The highest BCUT2D eigenvalue weighted by atomic mass is 16.1. The van der Waals surface area contributed by atoms with Crippen LogP contribution in [0.2, 0.25) is 0 Å². The van der Waals surface area contributed by atoms with Gasteiger partial charge in [-0.15, -0.1) is 0 Å². The van der Waals surface area contributed by atoms with Crippen LogP contribution in [0.4, 0.5) is 5.69 Å². The first-order valence-electron chi connectivity index (χ1n) is 9.18. The number of aromatic nitrogens is 5. The van der Waals surface area contributed by atoms with Crippen LogP contribution in [0.5, 0.6) is 0 Å². The SMILES string of the molecule is Cc1nn(CCC#N)c(C)c1CCC(=O)Nc1ccc(Cn2cncn2)cc1. The number of nitrogens with zero attached hydrogens (tertiary/aromatic N) is 6. The lowest BCUT2D eigenvalue weighted by atomic mass is 10.1. The molecule has 1 N–H and O–H groups in total. The zero-order chi connectivity index (χ0) is 19.9. The summed E-state index contributed by atoms with van der Waals surface area (Å²) in [6, 6.07) is 9.84. The van der Waals surface area contributed by atoms with Crippen molar-refractivity contribution in [1.29, 1.82) is 5.26 Å². The third kappa shape index (κ3) is 4.82. The highest BCUT2D eigenvalue weighted by Crippen LogP contribution is 2.17. The predicted molar refractivity (Wildman–Crippen MR) is 104 cm³/mol. The van der Waals surface area contributed by atoms with Crippen molar-refractivity contribution in [2.24, 2.45) is 0 Å². The predicted octanol–water partition coefficient (Wildman–Crippen LogP) is 2.62. The first-order valence-corrected chi connectivity index (χ1v) is 9.18.